The Morgan fingerprint density at radius 3 is 2.32 bits per heavy atom. The summed E-state index contributed by atoms with van der Waals surface area (Å²) < 4.78 is 1.74. The van der Waals surface area contributed by atoms with E-state index in [-0.39, 0.29) is 11.4 Å². The van der Waals surface area contributed by atoms with E-state index >= 15 is 0 Å². The Kier molecular flexibility index (Phi) is 4.52. The number of carbonyl (C=O) groups excluding carboxylic acids is 1. The van der Waals surface area contributed by atoms with Crippen molar-refractivity contribution in [1.82, 2.24) is 14.8 Å². The molecular formula is C19H21N5O. The average Bonchev–Trinajstić information content (AvgIpc) is 3.00. The molecule has 2 heterocycles. The lowest BCUT2D eigenvalue weighted by Crippen LogP contribution is -2.21. The molecule has 3 aromatic rings. The number of hydrogen-bond donors (Lipinski definition) is 2. The van der Waals surface area contributed by atoms with Crippen molar-refractivity contribution < 1.29 is 4.79 Å². The maximum atomic E-state index is 12.3. The van der Waals surface area contributed by atoms with Gasteiger partial charge in [0.05, 0.1) is 11.4 Å². The third kappa shape index (κ3) is 4.03. The van der Waals surface area contributed by atoms with Gasteiger partial charge in [0.15, 0.2) is 0 Å². The first-order valence-corrected chi connectivity index (χ1v) is 8.07. The predicted octanol–water partition coefficient (Wildman–Crippen LogP) is 4.21. The molecule has 0 radical (unpaired) electrons. The summed E-state index contributed by atoms with van der Waals surface area (Å²) in [6.45, 7) is 6.27. The van der Waals surface area contributed by atoms with Crippen molar-refractivity contribution in [3.05, 3.63) is 66.6 Å². The summed E-state index contributed by atoms with van der Waals surface area (Å²) in [6, 6.07) is 14.8. The number of carbonyl (C=O) groups is 1. The van der Waals surface area contributed by atoms with E-state index < -0.39 is 0 Å². The van der Waals surface area contributed by atoms with E-state index in [2.05, 4.69) is 41.5 Å². The summed E-state index contributed by atoms with van der Waals surface area (Å²) in [6.07, 6.45) is 3.25. The van der Waals surface area contributed by atoms with Gasteiger partial charge in [0.25, 0.3) is 0 Å². The minimum Gasteiger partial charge on any atom is -0.308 e. The highest BCUT2D eigenvalue weighted by Gasteiger charge is 2.21. The molecule has 0 aliphatic heterocycles. The lowest BCUT2D eigenvalue weighted by atomic mass is 9.92. The van der Waals surface area contributed by atoms with Crippen LogP contribution in [0.4, 0.5) is 16.3 Å². The van der Waals surface area contributed by atoms with E-state index in [4.69, 9.17) is 0 Å². The normalized spacial score (nSPS) is 11.2. The predicted molar refractivity (Wildman–Crippen MR) is 99.1 cm³/mol. The second kappa shape index (κ2) is 6.76. The van der Waals surface area contributed by atoms with Crippen molar-refractivity contribution in [1.29, 1.82) is 0 Å². The standard InChI is InChI=1S/C19H21N5O/c1-19(2,3)16-13-17(24(23-16)15-7-5-4-6-8-15)22-18(25)21-14-9-11-20-12-10-14/h4-13H,1-3H3,(H2,20,21,22,25). The number of benzene rings is 1. The third-order valence-corrected chi connectivity index (χ3v) is 3.66. The molecule has 6 heteroatoms. The third-order valence-electron chi connectivity index (χ3n) is 3.66. The van der Waals surface area contributed by atoms with Gasteiger partial charge in [-0.2, -0.15) is 5.10 Å². The largest absolute Gasteiger partial charge is 0.324 e. The second-order valence-electron chi connectivity index (χ2n) is 6.73. The molecule has 2 aromatic heterocycles. The van der Waals surface area contributed by atoms with Crippen LogP contribution in [0.1, 0.15) is 26.5 Å². The van der Waals surface area contributed by atoms with Gasteiger partial charge in [0, 0.05) is 29.6 Å². The molecule has 0 saturated heterocycles. The molecular weight excluding hydrogens is 314 g/mol. The van der Waals surface area contributed by atoms with Crippen LogP contribution in [0.2, 0.25) is 0 Å². The summed E-state index contributed by atoms with van der Waals surface area (Å²) in [5, 5.41) is 10.3. The molecule has 0 aliphatic rings. The maximum Gasteiger partial charge on any atom is 0.324 e. The zero-order chi connectivity index (χ0) is 17.9. The van der Waals surface area contributed by atoms with E-state index in [1.165, 1.54) is 0 Å². The Labute approximate surface area is 146 Å². The van der Waals surface area contributed by atoms with Gasteiger partial charge in [-0.3, -0.25) is 10.3 Å². The summed E-state index contributed by atoms with van der Waals surface area (Å²) in [5.74, 6) is 0.614. The summed E-state index contributed by atoms with van der Waals surface area (Å²) >= 11 is 0. The minimum atomic E-state index is -0.330. The molecule has 0 unspecified atom stereocenters. The van der Waals surface area contributed by atoms with Crippen molar-refractivity contribution in [3.8, 4) is 5.69 Å². The van der Waals surface area contributed by atoms with Crippen LogP contribution < -0.4 is 10.6 Å². The van der Waals surface area contributed by atoms with Crippen LogP contribution in [0.15, 0.2) is 60.9 Å². The van der Waals surface area contributed by atoms with Crippen LogP contribution in [-0.4, -0.2) is 20.8 Å². The van der Waals surface area contributed by atoms with Crippen molar-refractivity contribution in [3.63, 3.8) is 0 Å². The Balaban J connectivity index is 1.89. The molecule has 128 valence electrons. The van der Waals surface area contributed by atoms with Crippen LogP contribution in [-0.2, 0) is 5.41 Å². The van der Waals surface area contributed by atoms with Gasteiger partial charge >= 0.3 is 6.03 Å². The number of urea groups is 1. The van der Waals surface area contributed by atoms with E-state index in [1.54, 1.807) is 29.2 Å². The summed E-state index contributed by atoms with van der Waals surface area (Å²) in [7, 11) is 0. The first-order valence-electron chi connectivity index (χ1n) is 8.07. The average molecular weight is 335 g/mol. The fraction of sp³-hybridized carbons (Fsp3) is 0.211. The Morgan fingerprint density at radius 2 is 1.68 bits per heavy atom. The lowest BCUT2D eigenvalue weighted by molar-refractivity contribution is 0.262. The van der Waals surface area contributed by atoms with Crippen molar-refractivity contribution in [2.75, 3.05) is 10.6 Å². The molecule has 3 rings (SSSR count). The van der Waals surface area contributed by atoms with Gasteiger partial charge in [-0.15, -0.1) is 0 Å². The molecule has 25 heavy (non-hydrogen) atoms. The first-order chi connectivity index (χ1) is 11.9. The highest BCUT2D eigenvalue weighted by Crippen LogP contribution is 2.26. The number of aromatic nitrogens is 3. The molecule has 2 amide bonds. The molecule has 0 saturated carbocycles. The zero-order valence-electron chi connectivity index (χ0n) is 14.5. The number of nitrogens with one attached hydrogen (secondary N) is 2. The number of para-hydroxylation sites is 1. The summed E-state index contributed by atoms with van der Waals surface area (Å²) in [4.78, 5) is 16.3. The Hall–Kier alpha value is -3.15. The van der Waals surface area contributed by atoms with Crippen molar-refractivity contribution in [2.24, 2.45) is 0 Å². The van der Waals surface area contributed by atoms with Crippen molar-refractivity contribution >= 4 is 17.5 Å². The smallest absolute Gasteiger partial charge is 0.308 e. The lowest BCUT2D eigenvalue weighted by Gasteiger charge is -2.14. The molecule has 6 nitrogen and oxygen atoms in total. The van der Waals surface area contributed by atoms with Gasteiger partial charge in [0.1, 0.15) is 5.82 Å². The number of nitrogens with zero attached hydrogens (tertiary/aromatic N) is 3. The molecule has 1 aromatic carbocycles. The van der Waals surface area contributed by atoms with E-state index in [9.17, 15) is 4.79 Å². The first kappa shape index (κ1) is 16.7. The highest BCUT2D eigenvalue weighted by molar-refractivity contribution is 5.99. The number of pyridine rings is 1. The number of hydrogen-bond acceptors (Lipinski definition) is 3. The van der Waals surface area contributed by atoms with Gasteiger partial charge in [-0.1, -0.05) is 39.0 Å². The van der Waals surface area contributed by atoms with Crippen LogP contribution in [0, 0.1) is 0 Å². The molecule has 0 fully saturated rings. The Morgan fingerprint density at radius 1 is 1.00 bits per heavy atom. The molecule has 0 bridgehead atoms. The van der Waals surface area contributed by atoms with Crippen LogP contribution in [0.25, 0.3) is 5.69 Å². The van der Waals surface area contributed by atoms with Gasteiger partial charge < -0.3 is 5.32 Å². The topological polar surface area (TPSA) is 71.8 Å². The number of rotatable bonds is 3. The maximum absolute atomic E-state index is 12.3. The molecule has 0 aliphatic carbocycles. The van der Waals surface area contributed by atoms with E-state index in [1.807, 2.05) is 36.4 Å². The highest BCUT2D eigenvalue weighted by atomic mass is 16.2. The Bertz CT molecular complexity index is 851. The van der Waals surface area contributed by atoms with Gasteiger partial charge in [-0.05, 0) is 24.3 Å². The molecule has 2 N–H and O–H groups in total. The quantitative estimate of drug-likeness (QED) is 0.753. The zero-order valence-corrected chi connectivity index (χ0v) is 14.5. The van der Waals surface area contributed by atoms with Crippen LogP contribution >= 0.6 is 0 Å². The van der Waals surface area contributed by atoms with Crippen LogP contribution in [0.5, 0.6) is 0 Å². The number of anilines is 2. The number of amides is 2. The van der Waals surface area contributed by atoms with E-state index in [0.29, 0.717) is 11.5 Å². The monoisotopic (exact) mass is 335 g/mol. The minimum absolute atomic E-state index is 0.127. The SMILES string of the molecule is CC(C)(C)c1cc(NC(=O)Nc2ccncc2)n(-c2ccccc2)n1. The van der Waals surface area contributed by atoms with Gasteiger partial charge in [-0.25, -0.2) is 9.48 Å². The van der Waals surface area contributed by atoms with Gasteiger partial charge in [0.2, 0.25) is 0 Å². The summed E-state index contributed by atoms with van der Waals surface area (Å²) in [5.41, 5.74) is 2.33. The second-order valence-corrected chi connectivity index (χ2v) is 6.73. The fourth-order valence-corrected chi connectivity index (χ4v) is 2.32. The van der Waals surface area contributed by atoms with E-state index in [0.717, 1.165) is 11.4 Å². The molecule has 0 atom stereocenters. The molecule has 0 spiro atoms. The van der Waals surface area contributed by atoms with Crippen LogP contribution in [0.3, 0.4) is 0 Å². The van der Waals surface area contributed by atoms with Crippen molar-refractivity contribution in [2.45, 2.75) is 26.2 Å². The fourth-order valence-electron chi connectivity index (χ4n) is 2.32.